The Labute approximate surface area is 127 Å². The van der Waals surface area contributed by atoms with Crippen molar-refractivity contribution in [3.05, 3.63) is 57.4 Å². The number of hydrogen-bond acceptors (Lipinski definition) is 2. The quantitative estimate of drug-likeness (QED) is 0.698. The maximum absolute atomic E-state index is 6.29. The Balaban J connectivity index is 2.24. The second-order valence-corrected chi connectivity index (χ2v) is 5.62. The molecule has 1 unspecified atom stereocenters. The molecule has 20 heavy (non-hydrogen) atoms. The van der Waals surface area contributed by atoms with E-state index in [4.69, 9.17) is 23.8 Å². The molecule has 0 saturated heterocycles. The van der Waals surface area contributed by atoms with E-state index in [0.717, 1.165) is 27.4 Å². The van der Waals surface area contributed by atoms with Gasteiger partial charge in [0.25, 0.3) is 0 Å². The zero-order valence-corrected chi connectivity index (χ0v) is 12.8. The first-order valence-corrected chi connectivity index (χ1v) is 7.19. The molecule has 0 bridgehead atoms. The van der Waals surface area contributed by atoms with E-state index in [0.29, 0.717) is 4.77 Å². The molecule has 0 aliphatic carbocycles. The second-order valence-electron chi connectivity index (χ2n) is 4.82. The maximum atomic E-state index is 6.29. The molecule has 1 aromatic carbocycles. The number of H-pyrrole nitrogens is 1. The van der Waals surface area contributed by atoms with Gasteiger partial charge in [-0.3, -0.25) is 4.57 Å². The summed E-state index contributed by atoms with van der Waals surface area (Å²) in [5, 5.41) is 0.740. The zero-order chi connectivity index (χ0) is 14.3. The minimum Gasteiger partial charge on any atom is -0.329 e. The molecular weight excluding hydrogens is 290 g/mol. The standard InChI is InChI=1S/C15H14ClN3S/c1-9-7-8-13-14(17-9)19(15(20)18-13)10(2)11-5-3-4-6-12(11)16/h3-8,10H,1-2H3,(H,18,20). The highest BCUT2D eigenvalue weighted by Crippen LogP contribution is 2.28. The van der Waals surface area contributed by atoms with Crippen molar-refractivity contribution >= 4 is 35.0 Å². The third kappa shape index (κ3) is 2.15. The van der Waals surface area contributed by atoms with E-state index >= 15 is 0 Å². The predicted molar refractivity (Wildman–Crippen MR) is 84.9 cm³/mol. The fourth-order valence-electron chi connectivity index (χ4n) is 2.41. The summed E-state index contributed by atoms with van der Waals surface area (Å²) in [6.45, 7) is 4.05. The molecule has 0 saturated carbocycles. The van der Waals surface area contributed by atoms with Crippen molar-refractivity contribution in [2.24, 2.45) is 0 Å². The highest BCUT2D eigenvalue weighted by molar-refractivity contribution is 7.71. The van der Waals surface area contributed by atoms with Crippen molar-refractivity contribution in [1.82, 2.24) is 14.5 Å². The van der Waals surface area contributed by atoms with Crippen molar-refractivity contribution in [2.45, 2.75) is 19.9 Å². The van der Waals surface area contributed by atoms with Gasteiger partial charge in [-0.2, -0.15) is 0 Å². The highest BCUT2D eigenvalue weighted by Gasteiger charge is 2.16. The molecule has 0 radical (unpaired) electrons. The highest BCUT2D eigenvalue weighted by atomic mass is 35.5. The summed E-state index contributed by atoms with van der Waals surface area (Å²) in [6.07, 6.45) is 0. The average molecular weight is 304 g/mol. The molecule has 0 spiro atoms. The Morgan fingerprint density at radius 2 is 2.00 bits per heavy atom. The van der Waals surface area contributed by atoms with Gasteiger partial charge in [-0.15, -0.1) is 0 Å². The Hall–Kier alpha value is -1.65. The Morgan fingerprint density at radius 3 is 2.75 bits per heavy atom. The number of fused-ring (bicyclic) bond motifs is 1. The van der Waals surface area contributed by atoms with E-state index < -0.39 is 0 Å². The van der Waals surface area contributed by atoms with E-state index in [1.54, 1.807) is 0 Å². The second kappa shape index (κ2) is 5.04. The first-order valence-electron chi connectivity index (χ1n) is 6.40. The summed E-state index contributed by atoms with van der Waals surface area (Å²) in [7, 11) is 0. The fraction of sp³-hybridized carbons (Fsp3) is 0.200. The monoisotopic (exact) mass is 303 g/mol. The molecule has 3 nitrogen and oxygen atoms in total. The van der Waals surface area contributed by atoms with Crippen LogP contribution >= 0.6 is 23.8 Å². The van der Waals surface area contributed by atoms with Gasteiger partial charge in [-0.25, -0.2) is 4.98 Å². The first-order chi connectivity index (χ1) is 9.58. The van der Waals surface area contributed by atoms with E-state index in [1.807, 2.05) is 47.9 Å². The van der Waals surface area contributed by atoms with E-state index in [2.05, 4.69) is 16.9 Å². The third-order valence-corrected chi connectivity index (χ3v) is 4.09. The molecule has 3 rings (SSSR count). The Kier molecular flexibility index (Phi) is 3.36. The number of imidazole rings is 1. The minimum atomic E-state index is 0.0271. The first kappa shape index (κ1) is 13.3. The molecule has 3 aromatic rings. The lowest BCUT2D eigenvalue weighted by atomic mass is 10.1. The molecule has 2 aromatic heterocycles. The van der Waals surface area contributed by atoms with Crippen molar-refractivity contribution in [1.29, 1.82) is 0 Å². The van der Waals surface area contributed by atoms with E-state index in [-0.39, 0.29) is 6.04 Å². The maximum Gasteiger partial charge on any atom is 0.179 e. The summed E-state index contributed by atoms with van der Waals surface area (Å²) < 4.78 is 2.67. The van der Waals surface area contributed by atoms with Gasteiger partial charge >= 0.3 is 0 Å². The molecular formula is C15H14ClN3S. The van der Waals surface area contributed by atoms with Crippen LogP contribution in [0.1, 0.15) is 24.2 Å². The summed E-state index contributed by atoms with van der Waals surface area (Å²) in [5.74, 6) is 0. The molecule has 0 amide bonds. The molecule has 0 aliphatic rings. The van der Waals surface area contributed by atoms with Gasteiger partial charge in [-0.1, -0.05) is 29.8 Å². The zero-order valence-electron chi connectivity index (χ0n) is 11.2. The lowest BCUT2D eigenvalue weighted by molar-refractivity contribution is 0.644. The minimum absolute atomic E-state index is 0.0271. The smallest absolute Gasteiger partial charge is 0.179 e. The molecule has 2 heterocycles. The number of aromatic nitrogens is 3. The van der Waals surface area contributed by atoms with Gasteiger partial charge in [0.05, 0.1) is 11.6 Å². The predicted octanol–water partition coefficient (Wildman–Crippen LogP) is 4.67. The lowest BCUT2D eigenvalue weighted by Crippen LogP contribution is -2.08. The largest absolute Gasteiger partial charge is 0.329 e. The number of nitrogens with zero attached hydrogens (tertiary/aromatic N) is 2. The summed E-state index contributed by atoms with van der Waals surface area (Å²) in [6, 6.07) is 11.8. The Bertz CT molecular complexity index is 834. The number of aromatic amines is 1. The van der Waals surface area contributed by atoms with Crippen LogP contribution in [0.5, 0.6) is 0 Å². The summed E-state index contributed by atoms with van der Waals surface area (Å²) in [4.78, 5) is 7.79. The molecule has 0 fully saturated rings. The van der Waals surface area contributed by atoms with Gasteiger partial charge < -0.3 is 4.98 Å². The number of benzene rings is 1. The number of nitrogens with one attached hydrogen (secondary N) is 1. The number of rotatable bonds is 2. The van der Waals surface area contributed by atoms with Crippen LogP contribution in [0, 0.1) is 11.7 Å². The molecule has 0 aliphatic heterocycles. The van der Waals surface area contributed by atoms with Gasteiger partial charge in [-0.05, 0) is 49.8 Å². The topological polar surface area (TPSA) is 33.6 Å². The average Bonchev–Trinajstić information content (AvgIpc) is 2.74. The SMILES string of the molecule is Cc1ccc2[nH]c(=S)n(C(C)c3ccccc3Cl)c2n1. The van der Waals surface area contributed by atoms with Gasteiger partial charge in [0.1, 0.15) is 0 Å². The van der Waals surface area contributed by atoms with Crippen LogP contribution in [-0.2, 0) is 0 Å². The third-order valence-electron chi connectivity index (χ3n) is 3.45. The molecule has 102 valence electrons. The van der Waals surface area contributed by atoms with Crippen molar-refractivity contribution in [3.63, 3.8) is 0 Å². The van der Waals surface area contributed by atoms with Crippen LogP contribution < -0.4 is 0 Å². The van der Waals surface area contributed by atoms with Crippen molar-refractivity contribution < 1.29 is 0 Å². The van der Waals surface area contributed by atoms with Crippen LogP contribution in [-0.4, -0.2) is 14.5 Å². The van der Waals surface area contributed by atoms with Crippen LogP contribution in [0.25, 0.3) is 11.2 Å². The van der Waals surface area contributed by atoms with Gasteiger partial charge in [0.15, 0.2) is 10.4 Å². The van der Waals surface area contributed by atoms with Crippen molar-refractivity contribution in [3.8, 4) is 0 Å². The number of aryl methyl sites for hydroxylation is 1. The van der Waals surface area contributed by atoms with Crippen LogP contribution in [0.4, 0.5) is 0 Å². The number of halogens is 1. The lowest BCUT2D eigenvalue weighted by Gasteiger charge is -2.16. The van der Waals surface area contributed by atoms with E-state index in [1.165, 1.54) is 0 Å². The fourth-order valence-corrected chi connectivity index (χ4v) is 3.06. The molecule has 1 atom stereocenters. The molecule has 1 N–H and O–H groups in total. The van der Waals surface area contributed by atoms with Crippen molar-refractivity contribution in [2.75, 3.05) is 0 Å². The number of hydrogen-bond donors (Lipinski definition) is 1. The van der Waals surface area contributed by atoms with Crippen LogP contribution in [0.2, 0.25) is 5.02 Å². The van der Waals surface area contributed by atoms with Gasteiger partial charge in [0.2, 0.25) is 0 Å². The van der Waals surface area contributed by atoms with E-state index in [9.17, 15) is 0 Å². The summed E-state index contributed by atoms with van der Waals surface area (Å²) in [5.41, 5.74) is 3.81. The number of pyridine rings is 1. The summed E-state index contributed by atoms with van der Waals surface area (Å²) >= 11 is 11.7. The van der Waals surface area contributed by atoms with Gasteiger partial charge in [0, 0.05) is 10.7 Å². The molecule has 5 heteroatoms. The Morgan fingerprint density at radius 1 is 1.25 bits per heavy atom. The van der Waals surface area contributed by atoms with Crippen LogP contribution in [0.3, 0.4) is 0 Å². The van der Waals surface area contributed by atoms with Crippen LogP contribution in [0.15, 0.2) is 36.4 Å². The normalized spacial score (nSPS) is 12.8.